The lowest BCUT2D eigenvalue weighted by molar-refractivity contribution is -0.120. The van der Waals surface area contributed by atoms with Crippen LogP contribution in [0.4, 0.5) is 0 Å². The first-order chi connectivity index (χ1) is 10.4. The van der Waals surface area contributed by atoms with Gasteiger partial charge < -0.3 is 20.5 Å². The summed E-state index contributed by atoms with van der Waals surface area (Å²) in [5.41, 5.74) is 6.86. The summed E-state index contributed by atoms with van der Waals surface area (Å²) in [7, 11) is 3.11. The van der Waals surface area contributed by atoms with Crippen LogP contribution in [0, 0.1) is 5.92 Å². The van der Waals surface area contributed by atoms with Gasteiger partial charge in [-0.15, -0.1) is 0 Å². The number of nitrogens with one attached hydrogen (secondary N) is 1. The first kappa shape index (κ1) is 16.7. The Hall–Kier alpha value is -1.67. The van der Waals surface area contributed by atoms with E-state index >= 15 is 0 Å². The summed E-state index contributed by atoms with van der Waals surface area (Å²) < 4.78 is 11.4. The highest BCUT2D eigenvalue weighted by molar-refractivity contribution is 9.10. The van der Waals surface area contributed by atoms with Crippen molar-refractivity contribution in [2.45, 2.75) is 13.0 Å². The Morgan fingerprint density at radius 1 is 1.36 bits per heavy atom. The number of methoxy groups -OCH3 is 2. The van der Waals surface area contributed by atoms with E-state index in [2.05, 4.69) is 26.2 Å². The van der Waals surface area contributed by atoms with Crippen molar-refractivity contribution in [3.8, 4) is 11.5 Å². The van der Waals surface area contributed by atoms with Gasteiger partial charge in [0, 0.05) is 17.3 Å². The fourth-order valence-electron chi connectivity index (χ4n) is 2.47. The number of amides is 1. The summed E-state index contributed by atoms with van der Waals surface area (Å²) in [6.07, 6.45) is 0. The molecule has 0 saturated carbocycles. The predicted octanol–water partition coefficient (Wildman–Crippen LogP) is 1.96. The molecule has 6 nitrogen and oxygen atoms in total. The monoisotopic (exact) mass is 385 g/mol. The molecule has 0 bridgehead atoms. The highest BCUT2D eigenvalue weighted by atomic mass is 79.9. The summed E-state index contributed by atoms with van der Waals surface area (Å²) >= 11 is 8.57. The van der Waals surface area contributed by atoms with Gasteiger partial charge >= 0.3 is 0 Å². The van der Waals surface area contributed by atoms with E-state index in [1.807, 2.05) is 6.07 Å². The molecule has 1 amide bonds. The number of hydrogen-bond acceptors (Lipinski definition) is 4. The van der Waals surface area contributed by atoms with Gasteiger partial charge in [-0.1, -0.05) is 0 Å². The smallest absolute Gasteiger partial charge is 0.228 e. The van der Waals surface area contributed by atoms with Gasteiger partial charge in [-0.25, -0.2) is 4.99 Å². The predicted molar refractivity (Wildman–Crippen MR) is 91.5 cm³/mol. The molecule has 1 aliphatic heterocycles. The van der Waals surface area contributed by atoms with Crippen LogP contribution in [0.25, 0.3) is 0 Å². The normalized spacial score (nSPS) is 20.9. The van der Waals surface area contributed by atoms with Crippen molar-refractivity contribution in [1.82, 2.24) is 5.32 Å². The van der Waals surface area contributed by atoms with E-state index in [4.69, 9.17) is 27.4 Å². The number of hydrogen-bond donors (Lipinski definition) is 2. The second-order valence-electron chi connectivity index (χ2n) is 4.79. The average Bonchev–Trinajstić information content (AvgIpc) is 2.45. The number of aliphatic imine (C=N–C) groups is 1. The second-order valence-corrected chi connectivity index (χ2v) is 6.03. The summed E-state index contributed by atoms with van der Waals surface area (Å²) in [5, 5.41) is 3.35. The number of halogens is 1. The number of carbonyl (C=O) groups excluding carboxylic acids is 1. The Balaban J connectivity index is 2.58. The first-order valence-electron chi connectivity index (χ1n) is 6.45. The summed E-state index contributed by atoms with van der Waals surface area (Å²) in [6.45, 7) is 1.74. The molecule has 2 atom stereocenters. The first-order valence-corrected chi connectivity index (χ1v) is 7.65. The minimum absolute atomic E-state index is 0.314. The van der Waals surface area contributed by atoms with Crippen LogP contribution in [-0.4, -0.2) is 31.0 Å². The number of nitrogens with zero attached hydrogens (tertiary/aromatic N) is 1. The van der Waals surface area contributed by atoms with Gasteiger partial charge in [0.25, 0.3) is 0 Å². The molecule has 0 radical (unpaired) electrons. The largest absolute Gasteiger partial charge is 0.496 e. The molecule has 8 heteroatoms. The minimum atomic E-state index is -0.610. The summed E-state index contributed by atoms with van der Waals surface area (Å²) in [4.78, 5) is 16.0. The Bertz CT molecular complexity index is 663. The SMILES string of the molecule is COc1cc(OC)c(C2NC(=S)N=C(C)C2C(N)=O)cc1Br. The maximum Gasteiger partial charge on any atom is 0.228 e. The van der Waals surface area contributed by atoms with Crippen LogP contribution in [0.15, 0.2) is 21.6 Å². The third-order valence-corrected chi connectivity index (χ3v) is 4.31. The van der Waals surface area contributed by atoms with E-state index in [0.717, 1.165) is 10.0 Å². The van der Waals surface area contributed by atoms with Gasteiger partial charge in [0.1, 0.15) is 17.4 Å². The van der Waals surface area contributed by atoms with Crippen LogP contribution in [0.3, 0.4) is 0 Å². The van der Waals surface area contributed by atoms with E-state index < -0.39 is 17.9 Å². The molecule has 1 heterocycles. The lowest BCUT2D eigenvalue weighted by atomic mass is 9.87. The molecule has 0 aliphatic carbocycles. The molecule has 0 fully saturated rings. The van der Waals surface area contributed by atoms with E-state index in [1.54, 1.807) is 27.2 Å². The van der Waals surface area contributed by atoms with Crippen molar-refractivity contribution in [2.75, 3.05) is 14.2 Å². The molecule has 1 aliphatic rings. The number of benzene rings is 1. The highest BCUT2D eigenvalue weighted by Gasteiger charge is 2.36. The highest BCUT2D eigenvalue weighted by Crippen LogP contribution is 2.39. The summed E-state index contributed by atoms with van der Waals surface area (Å²) in [6, 6.07) is 3.12. The Labute approximate surface area is 142 Å². The zero-order valence-corrected chi connectivity index (χ0v) is 14.7. The Morgan fingerprint density at radius 2 is 2.00 bits per heavy atom. The molecule has 0 saturated heterocycles. The molecule has 3 N–H and O–H groups in total. The van der Waals surface area contributed by atoms with Crippen molar-refractivity contribution in [3.05, 3.63) is 22.2 Å². The fourth-order valence-corrected chi connectivity index (χ4v) is 3.27. The van der Waals surface area contributed by atoms with Crippen LogP contribution in [-0.2, 0) is 4.79 Å². The van der Waals surface area contributed by atoms with E-state index in [9.17, 15) is 4.79 Å². The van der Waals surface area contributed by atoms with E-state index in [1.165, 1.54) is 0 Å². The number of thiocarbonyl (C=S) groups is 1. The van der Waals surface area contributed by atoms with E-state index in [0.29, 0.717) is 22.3 Å². The number of ether oxygens (including phenoxy) is 2. The molecular formula is C14H16BrN3O3S. The number of carbonyl (C=O) groups is 1. The van der Waals surface area contributed by atoms with Crippen LogP contribution in [0.5, 0.6) is 11.5 Å². The van der Waals surface area contributed by atoms with Crippen molar-refractivity contribution in [3.63, 3.8) is 0 Å². The molecule has 22 heavy (non-hydrogen) atoms. The quantitative estimate of drug-likeness (QED) is 0.773. The van der Waals surface area contributed by atoms with Crippen LogP contribution >= 0.6 is 28.1 Å². The molecule has 0 aromatic heterocycles. The van der Waals surface area contributed by atoms with Crippen molar-refractivity contribution in [2.24, 2.45) is 16.6 Å². The number of primary amides is 1. The second kappa shape index (κ2) is 6.62. The summed E-state index contributed by atoms with van der Waals surface area (Å²) in [5.74, 6) is 0.109. The minimum Gasteiger partial charge on any atom is -0.496 e. The third kappa shape index (κ3) is 3.07. The van der Waals surface area contributed by atoms with Crippen LogP contribution in [0.1, 0.15) is 18.5 Å². The fraction of sp³-hybridized carbons (Fsp3) is 0.357. The lowest BCUT2D eigenvalue weighted by Gasteiger charge is -2.31. The topological polar surface area (TPSA) is 85.9 Å². The van der Waals surface area contributed by atoms with Gasteiger partial charge in [0.15, 0.2) is 5.11 Å². The van der Waals surface area contributed by atoms with Gasteiger partial charge in [-0.3, -0.25) is 4.79 Å². The van der Waals surface area contributed by atoms with Gasteiger partial charge in [-0.05, 0) is 41.1 Å². The van der Waals surface area contributed by atoms with E-state index in [-0.39, 0.29) is 0 Å². The number of nitrogens with two attached hydrogens (primary N) is 1. The molecule has 2 unspecified atom stereocenters. The Morgan fingerprint density at radius 3 is 2.55 bits per heavy atom. The molecule has 1 aromatic carbocycles. The van der Waals surface area contributed by atoms with Crippen molar-refractivity contribution in [1.29, 1.82) is 0 Å². The molecular weight excluding hydrogens is 370 g/mol. The third-order valence-electron chi connectivity index (χ3n) is 3.49. The lowest BCUT2D eigenvalue weighted by Crippen LogP contribution is -2.46. The molecule has 2 rings (SSSR count). The van der Waals surface area contributed by atoms with Crippen molar-refractivity contribution < 1.29 is 14.3 Å². The molecule has 118 valence electrons. The van der Waals surface area contributed by atoms with Crippen LogP contribution in [0.2, 0.25) is 0 Å². The Kier molecular flexibility index (Phi) is 5.02. The maximum absolute atomic E-state index is 11.8. The van der Waals surface area contributed by atoms with Gasteiger partial charge in [0.2, 0.25) is 5.91 Å². The van der Waals surface area contributed by atoms with Crippen LogP contribution < -0.4 is 20.5 Å². The van der Waals surface area contributed by atoms with Gasteiger partial charge in [0.05, 0.1) is 24.7 Å². The zero-order chi connectivity index (χ0) is 16.4. The maximum atomic E-state index is 11.8. The average molecular weight is 386 g/mol. The zero-order valence-electron chi connectivity index (χ0n) is 12.3. The molecule has 0 spiro atoms. The van der Waals surface area contributed by atoms with Gasteiger partial charge in [-0.2, -0.15) is 0 Å². The van der Waals surface area contributed by atoms with Crippen molar-refractivity contribution >= 4 is 44.9 Å². The number of rotatable bonds is 4. The standard InChI is InChI=1S/C14H16BrN3O3S/c1-6-11(13(16)19)12(18-14(22)17-6)7-4-8(15)10(21-3)5-9(7)20-2/h4-5,11-12H,1-3H3,(H2,16,19)(H,18,22). The molecule has 1 aromatic rings.